The van der Waals surface area contributed by atoms with E-state index in [2.05, 4.69) is 4.98 Å². The lowest BCUT2D eigenvalue weighted by molar-refractivity contribution is -0.147. The third-order valence-electron chi connectivity index (χ3n) is 5.15. The first-order valence-corrected chi connectivity index (χ1v) is 9.63. The number of hydrogen-bond acceptors (Lipinski definition) is 5. The van der Waals surface area contributed by atoms with Crippen molar-refractivity contribution in [1.82, 2.24) is 14.3 Å². The van der Waals surface area contributed by atoms with Crippen LogP contribution in [0.1, 0.15) is 41.8 Å². The number of aromatic nitrogens is 2. The third-order valence-corrected chi connectivity index (χ3v) is 5.15. The van der Waals surface area contributed by atoms with E-state index in [0.717, 1.165) is 16.7 Å². The van der Waals surface area contributed by atoms with Gasteiger partial charge in [-0.15, -0.1) is 0 Å². The smallest absolute Gasteiger partial charge is 0.308 e. The first-order valence-electron chi connectivity index (χ1n) is 9.63. The fourth-order valence-corrected chi connectivity index (χ4v) is 3.67. The molecule has 0 saturated carbocycles. The monoisotopic (exact) mass is 403 g/mol. The molecular weight excluding hydrogens is 382 g/mol. The van der Waals surface area contributed by atoms with Crippen molar-refractivity contribution in [2.24, 2.45) is 0 Å². The molecule has 30 heavy (non-hydrogen) atoms. The summed E-state index contributed by atoms with van der Waals surface area (Å²) < 4.78 is 6.86. The van der Waals surface area contributed by atoms with Crippen molar-refractivity contribution in [3.8, 4) is 0 Å². The van der Waals surface area contributed by atoms with Crippen molar-refractivity contribution >= 4 is 23.6 Å². The Morgan fingerprint density at radius 2 is 1.97 bits per heavy atom. The summed E-state index contributed by atoms with van der Waals surface area (Å²) >= 11 is 0. The summed E-state index contributed by atoms with van der Waals surface area (Å²) in [6.07, 6.45) is 5.20. The predicted molar refractivity (Wildman–Crippen MR) is 111 cm³/mol. The van der Waals surface area contributed by atoms with E-state index >= 15 is 0 Å². The molecule has 1 aromatic carbocycles. The molecule has 2 aromatic heterocycles. The second-order valence-corrected chi connectivity index (χ2v) is 7.22. The molecular formula is C23H21N3O4. The SMILES string of the molecule is CC(=O)N1C=Cc2ccccc2[C@H]1CC(=O)OCc1cc(=O)n2cccc(C)c2n1. The molecule has 0 unspecified atom stereocenters. The van der Waals surface area contributed by atoms with Gasteiger partial charge in [-0.25, -0.2) is 4.98 Å². The number of pyridine rings is 1. The zero-order chi connectivity index (χ0) is 21.3. The maximum Gasteiger partial charge on any atom is 0.308 e. The largest absolute Gasteiger partial charge is 0.459 e. The number of nitrogens with zero attached hydrogens (tertiary/aromatic N) is 3. The number of carbonyl (C=O) groups excluding carboxylic acids is 2. The van der Waals surface area contributed by atoms with E-state index in [1.165, 1.54) is 22.3 Å². The highest BCUT2D eigenvalue weighted by molar-refractivity contribution is 5.80. The van der Waals surface area contributed by atoms with Crippen LogP contribution in [-0.2, 0) is 20.9 Å². The van der Waals surface area contributed by atoms with Gasteiger partial charge in [0, 0.05) is 25.4 Å². The summed E-state index contributed by atoms with van der Waals surface area (Å²) in [6, 6.07) is 12.2. The van der Waals surface area contributed by atoms with E-state index in [9.17, 15) is 14.4 Å². The molecule has 0 saturated heterocycles. The van der Waals surface area contributed by atoms with Gasteiger partial charge in [0.15, 0.2) is 0 Å². The first-order chi connectivity index (χ1) is 14.4. The van der Waals surface area contributed by atoms with E-state index in [1.807, 2.05) is 43.3 Å². The number of esters is 1. The highest BCUT2D eigenvalue weighted by atomic mass is 16.5. The molecule has 0 spiro atoms. The number of amides is 1. The van der Waals surface area contributed by atoms with Gasteiger partial charge < -0.3 is 9.64 Å². The van der Waals surface area contributed by atoms with E-state index in [1.54, 1.807) is 18.5 Å². The summed E-state index contributed by atoms with van der Waals surface area (Å²) in [6.45, 7) is 3.22. The van der Waals surface area contributed by atoms with Crippen LogP contribution in [0.25, 0.3) is 11.7 Å². The van der Waals surface area contributed by atoms with Crippen molar-refractivity contribution in [2.45, 2.75) is 32.9 Å². The van der Waals surface area contributed by atoms with Gasteiger partial charge in [-0.3, -0.25) is 18.8 Å². The maximum absolute atomic E-state index is 12.6. The Hall–Kier alpha value is -3.74. The fraction of sp³-hybridized carbons (Fsp3) is 0.217. The minimum atomic E-state index is -0.469. The highest BCUT2D eigenvalue weighted by Crippen LogP contribution is 2.33. The molecule has 1 amide bonds. The Labute approximate surface area is 173 Å². The summed E-state index contributed by atoms with van der Waals surface area (Å²) in [5.41, 5.74) is 3.40. The zero-order valence-electron chi connectivity index (χ0n) is 16.7. The average Bonchev–Trinajstić information content (AvgIpc) is 2.73. The van der Waals surface area contributed by atoms with Crippen molar-refractivity contribution in [3.05, 3.63) is 87.6 Å². The van der Waals surface area contributed by atoms with E-state index in [0.29, 0.717) is 11.3 Å². The van der Waals surface area contributed by atoms with Crippen LogP contribution in [0.2, 0.25) is 0 Å². The van der Waals surface area contributed by atoms with Crippen LogP contribution in [-0.4, -0.2) is 26.2 Å². The molecule has 0 N–H and O–H groups in total. The summed E-state index contributed by atoms with van der Waals surface area (Å²) in [4.78, 5) is 42.9. The maximum atomic E-state index is 12.6. The molecule has 0 bridgehead atoms. The topological polar surface area (TPSA) is 81.0 Å². The Bertz CT molecular complexity index is 1230. The molecule has 0 radical (unpaired) electrons. The molecule has 7 nitrogen and oxygen atoms in total. The molecule has 152 valence electrons. The minimum absolute atomic E-state index is 0.00647. The molecule has 1 aliphatic heterocycles. The first kappa shape index (κ1) is 19.6. The van der Waals surface area contributed by atoms with Gasteiger partial charge in [0.1, 0.15) is 12.3 Å². The van der Waals surface area contributed by atoms with Gasteiger partial charge in [0.2, 0.25) is 5.91 Å². The van der Waals surface area contributed by atoms with Crippen LogP contribution >= 0.6 is 0 Å². The summed E-state index contributed by atoms with van der Waals surface area (Å²) in [7, 11) is 0. The molecule has 0 aliphatic carbocycles. The van der Waals surface area contributed by atoms with E-state index in [4.69, 9.17) is 4.74 Å². The number of rotatable bonds is 4. The molecule has 1 atom stereocenters. The Balaban J connectivity index is 1.51. The van der Waals surface area contributed by atoms with Crippen LogP contribution in [0.4, 0.5) is 0 Å². The molecule has 7 heteroatoms. The van der Waals surface area contributed by atoms with Crippen LogP contribution in [0.5, 0.6) is 0 Å². The molecule has 0 fully saturated rings. The molecule has 1 aliphatic rings. The summed E-state index contributed by atoms with van der Waals surface area (Å²) in [5.74, 6) is -0.624. The standard InChI is InChI=1S/C23H21N3O4/c1-15-6-5-10-26-21(28)12-18(24-23(15)26)14-30-22(29)13-20-19-8-4-3-7-17(19)9-11-25(20)16(2)27/h3-12,20H,13-14H2,1-2H3/t20-/m1/s1. The lowest BCUT2D eigenvalue weighted by Crippen LogP contribution is -2.32. The average molecular weight is 403 g/mol. The lowest BCUT2D eigenvalue weighted by Gasteiger charge is -2.32. The Morgan fingerprint density at radius 3 is 2.77 bits per heavy atom. The van der Waals surface area contributed by atoms with Gasteiger partial charge in [-0.05, 0) is 35.8 Å². The van der Waals surface area contributed by atoms with Crippen molar-refractivity contribution in [1.29, 1.82) is 0 Å². The quantitative estimate of drug-likeness (QED) is 0.626. The van der Waals surface area contributed by atoms with Gasteiger partial charge in [0.05, 0.1) is 18.2 Å². The number of carbonyl (C=O) groups is 2. The van der Waals surface area contributed by atoms with Gasteiger partial charge in [0.25, 0.3) is 5.56 Å². The van der Waals surface area contributed by atoms with Crippen LogP contribution in [0.3, 0.4) is 0 Å². The predicted octanol–water partition coefficient (Wildman–Crippen LogP) is 3.01. The van der Waals surface area contributed by atoms with Gasteiger partial charge in [-0.1, -0.05) is 30.3 Å². The van der Waals surface area contributed by atoms with E-state index in [-0.39, 0.29) is 24.5 Å². The van der Waals surface area contributed by atoms with Gasteiger partial charge in [-0.2, -0.15) is 0 Å². The number of hydrogen-bond donors (Lipinski definition) is 0. The van der Waals surface area contributed by atoms with Crippen LogP contribution in [0, 0.1) is 6.92 Å². The Kier molecular flexibility index (Phi) is 5.18. The second-order valence-electron chi connectivity index (χ2n) is 7.22. The summed E-state index contributed by atoms with van der Waals surface area (Å²) in [5, 5.41) is 0. The Morgan fingerprint density at radius 1 is 1.17 bits per heavy atom. The van der Waals surface area contributed by atoms with Crippen molar-refractivity contribution in [2.75, 3.05) is 0 Å². The van der Waals surface area contributed by atoms with Crippen LogP contribution < -0.4 is 5.56 Å². The molecule has 3 aromatic rings. The number of benzene rings is 1. The van der Waals surface area contributed by atoms with Crippen molar-refractivity contribution < 1.29 is 14.3 Å². The number of ether oxygens (including phenoxy) is 1. The minimum Gasteiger partial charge on any atom is -0.459 e. The number of fused-ring (bicyclic) bond motifs is 2. The van der Waals surface area contributed by atoms with E-state index < -0.39 is 12.0 Å². The molecule has 3 heterocycles. The zero-order valence-corrected chi connectivity index (χ0v) is 16.7. The van der Waals surface area contributed by atoms with Crippen LogP contribution in [0.15, 0.2) is 59.7 Å². The normalized spacial score (nSPS) is 15.1. The van der Waals surface area contributed by atoms with Crippen molar-refractivity contribution in [3.63, 3.8) is 0 Å². The fourth-order valence-electron chi connectivity index (χ4n) is 3.67. The highest BCUT2D eigenvalue weighted by Gasteiger charge is 2.28. The number of aryl methyl sites for hydroxylation is 1. The third kappa shape index (κ3) is 3.74. The molecule has 4 rings (SSSR count). The lowest BCUT2D eigenvalue weighted by atomic mass is 9.94. The van der Waals surface area contributed by atoms with Gasteiger partial charge >= 0.3 is 5.97 Å². The second kappa shape index (κ2) is 7.94.